The highest BCUT2D eigenvalue weighted by molar-refractivity contribution is 6.89. The highest BCUT2D eigenvalue weighted by Crippen LogP contribution is 2.04. The normalized spacial score (nSPS) is 12.9. The molecule has 0 aliphatic rings. The van der Waals surface area contributed by atoms with Crippen molar-refractivity contribution in [1.29, 1.82) is 0 Å². The van der Waals surface area contributed by atoms with E-state index < -0.39 is 9.07 Å². The summed E-state index contributed by atoms with van der Waals surface area (Å²) in [7, 11) is -0.884. The summed E-state index contributed by atoms with van der Waals surface area (Å²) in [5, 5.41) is 0. The molecule has 0 N–H and O–H groups in total. The van der Waals surface area contributed by atoms with Crippen LogP contribution in [0.1, 0.15) is 27.7 Å². The lowest BCUT2D eigenvalue weighted by Gasteiger charge is -2.22. The maximum atomic E-state index is 5.52. The van der Waals surface area contributed by atoms with E-state index >= 15 is 0 Å². The third-order valence-electron chi connectivity index (χ3n) is 1.18. The molecular weight excluding hydrogens is 208 g/mol. The van der Waals surface area contributed by atoms with Crippen LogP contribution in [0.3, 0.4) is 0 Å². The van der Waals surface area contributed by atoms with Crippen LogP contribution in [0.5, 0.6) is 0 Å². The summed E-state index contributed by atoms with van der Waals surface area (Å²) in [6.45, 7) is 8.30. The van der Waals surface area contributed by atoms with Crippen molar-refractivity contribution >= 4 is 20.2 Å². The molecule has 0 fully saturated rings. The fraction of sp³-hybridized carbons (Fsp3) is 1.00. The minimum Gasteiger partial charge on any atom is -0.403 e. The van der Waals surface area contributed by atoms with Crippen LogP contribution in [-0.2, 0) is 13.9 Å². The fourth-order valence-electron chi connectivity index (χ4n) is 0.859. The van der Waals surface area contributed by atoms with Gasteiger partial charge in [0.15, 0.2) is 6.29 Å². The standard InChI is InChI=1S/C8H19ClO3Si/c1-6(2)11-8(5-10-13-9)12-7(3)4/h6-8H,5,13H2,1-4H3. The second-order valence-corrected chi connectivity index (χ2v) is 4.56. The Kier molecular flexibility index (Phi) is 7.99. The molecule has 13 heavy (non-hydrogen) atoms. The molecule has 0 aromatic heterocycles. The molecule has 0 radical (unpaired) electrons. The Morgan fingerprint density at radius 1 is 1.08 bits per heavy atom. The van der Waals surface area contributed by atoms with E-state index in [0.717, 1.165) is 0 Å². The largest absolute Gasteiger partial charge is 0.403 e. The highest BCUT2D eigenvalue weighted by Gasteiger charge is 2.12. The van der Waals surface area contributed by atoms with Gasteiger partial charge in [0.2, 0.25) is 0 Å². The molecule has 0 aliphatic carbocycles. The summed E-state index contributed by atoms with van der Waals surface area (Å²) in [6, 6.07) is 0. The van der Waals surface area contributed by atoms with Crippen molar-refractivity contribution in [2.24, 2.45) is 0 Å². The zero-order chi connectivity index (χ0) is 10.3. The smallest absolute Gasteiger partial charge is 0.258 e. The van der Waals surface area contributed by atoms with Crippen LogP contribution in [0.25, 0.3) is 0 Å². The topological polar surface area (TPSA) is 27.7 Å². The minimum absolute atomic E-state index is 0.143. The van der Waals surface area contributed by atoms with E-state index in [0.29, 0.717) is 6.61 Å². The number of halogens is 1. The second kappa shape index (κ2) is 7.76. The van der Waals surface area contributed by atoms with Crippen LogP contribution < -0.4 is 0 Å². The first-order valence-corrected chi connectivity index (χ1v) is 7.22. The summed E-state index contributed by atoms with van der Waals surface area (Å²) in [5.41, 5.74) is 0. The molecule has 5 heteroatoms. The first kappa shape index (κ1) is 13.4. The average molecular weight is 227 g/mol. The molecule has 0 saturated carbocycles. The monoisotopic (exact) mass is 226 g/mol. The molecule has 0 rings (SSSR count). The van der Waals surface area contributed by atoms with Gasteiger partial charge in [-0.1, -0.05) is 0 Å². The van der Waals surface area contributed by atoms with Crippen molar-refractivity contribution in [3.63, 3.8) is 0 Å². The summed E-state index contributed by atoms with van der Waals surface area (Å²) in [6.07, 6.45) is -0.0000608. The van der Waals surface area contributed by atoms with E-state index in [1.165, 1.54) is 0 Å². The molecule has 0 amide bonds. The molecule has 0 aromatic rings. The van der Waals surface area contributed by atoms with E-state index in [2.05, 4.69) is 0 Å². The Morgan fingerprint density at radius 2 is 1.54 bits per heavy atom. The van der Waals surface area contributed by atoms with Gasteiger partial charge in [-0.3, -0.25) is 0 Å². The zero-order valence-electron chi connectivity index (χ0n) is 8.75. The Labute approximate surface area is 87.3 Å². The summed E-state index contributed by atoms with van der Waals surface area (Å²) in [4.78, 5) is 0. The molecule has 0 spiro atoms. The molecule has 80 valence electrons. The lowest BCUT2D eigenvalue weighted by Crippen LogP contribution is -2.29. The van der Waals surface area contributed by atoms with Crippen molar-refractivity contribution in [3.05, 3.63) is 0 Å². The summed E-state index contributed by atoms with van der Waals surface area (Å²) < 4.78 is 16.1. The molecule has 0 saturated heterocycles. The van der Waals surface area contributed by atoms with Crippen molar-refractivity contribution in [2.45, 2.75) is 46.2 Å². The van der Waals surface area contributed by atoms with Gasteiger partial charge in [-0.2, -0.15) is 0 Å². The Morgan fingerprint density at radius 3 is 1.85 bits per heavy atom. The van der Waals surface area contributed by atoms with Crippen molar-refractivity contribution in [2.75, 3.05) is 6.61 Å². The van der Waals surface area contributed by atoms with Gasteiger partial charge >= 0.3 is 0 Å². The molecule has 0 heterocycles. The maximum Gasteiger partial charge on any atom is 0.258 e. The molecule has 0 atom stereocenters. The predicted octanol–water partition coefficient (Wildman–Crippen LogP) is 1.42. The molecule has 3 nitrogen and oxygen atoms in total. The second-order valence-electron chi connectivity index (χ2n) is 3.28. The van der Waals surface area contributed by atoms with Gasteiger partial charge in [-0.05, 0) is 27.7 Å². The van der Waals surface area contributed by atoms with Crippen LogP contribution in [0.4, 0.5) is 0 Å². The van der Waals surface area contributed by atoms with E-state index in [9.17, 15) is 0 Å². The van der Waals surface area contributed by atoms with Crippen molar-refractivity contribution < 1.29 is 13.9 Å². The average Bonchev–Trinajstić information content (AvgIpc) is 1.98. The van der Waals surface area contributed by atoms with Crippen LogP contribution in [0.15, 0.2) is 0 Å². The molecular formula is C8H19ClO3Si. The van der Waals surface area contributed by atoms with Crippen LogP contribution >= 0.6 is 11.1 Å². The first-order valence-electron chi connectivity index (χ1n) is 4.51. The Balaban J connectivity index is 3.73. The number of rotatable bonds is 7. The number of hydrogen-bond donors (Lipinski definition) is 0. The quantitative estimate of drug-likeness (QED) is 0.373. The highest BCUT2D eigenvalue weighted by atomic mass is 35.6. The summed E-state index contributed by atoms with van der Waals surface area (Å²) in [5.74, 6) is 0. The van der Waals surface area contributed by atoms with Gasteiger partial charge in [0.05, 0.1) is 18.8 Å². The van der Waals surface area contributed by atoms with E-state index in [4.69, 9.17) is 25.0 Å². The van der Waals surface area contributed by atoms with E-state index in [1.807, 2.05) is 27.7 Å². The Hall–Kier alpha value is 0.387. The van der Waals surface area contributed by atoms with Gasteiger partial charge in [0, 0.05) is 0 Å². The van der Waals surface area contributed by atoms with Crippen LogP contribution in [0, 0.1) is 0 Å². The van der Waals surface area contributed by atoms with Crippen LogP contribution in [0.2, 0.25) is 0 Å². The van der Waals surface area contributed by atoms with Gasteiger partial charge in [-0.15, -0.1) is 11.1 Å². The van der Waals surface area contributed by atoms with Gasteiger partial charge in [0.25, 0.3) is 9.07 Å². The third kappa shape index (κ3) is 8.71. The lowest BCUT2D eigenvalue weighted by molar-refractivity contribution is -0.193. The maximum absolute atomic E-state index is 5.52. The van der Waals surface area contributed by atoms with E-state index in [-0.39, 0.29) is 18.5 Å². The fourth-order valence-corrected chi connectivity index (χ4v) is 1.41. The third-order valence-corrected chi connectivity index (χ3v) is 2.03. The number of ether oxygens (including phenoxy) is 2. The molecule has 0 unspecified atom stereocenters. The van der Waals surface area contributed by atoms with E-state index in [1.54, 1.807) is 0 Å². The SMILES string of the molecule is CC(C)OC(CO[SiH2]Cl)OC(C)C. The van der Waals surface area contributed by atoms with Gasteiger partial charge < -0.3 is 13.9 Å². The molecule has 0 bridgehead atoms. The molecule has 0 aliphatic heterocycles. The minimum atomic E-state index is -0.884. The predicted molar refractivity (Wildman–Crippen MR) is 56.6 cm³/mol. The Bertz CT molecular complexity index is 112. The zero-order valence-corrected chi connectivity index (χ0v) is 10.9. The van der Waals surface area contributed by atoms with Gasteiger partial charge in [0.1, 0.15) is 0 Å². The lowest BCUT2D eigenvalue weighted by atomic mass is 10.4. The van der Waals surface area contributed by atoms with Gasteiger partial charge in [-0.25, -0.2) is 0 Å². The summed E-state index contributed by atoms with van der Waals surface area (Å²) >= 11 is 5.52. The first-order chi connectivity index (χ1) is 6.06. The van der Waals surface area contributed by atoms with Crippen LogP contribution in [-0.4, -0.2) is 34.2 Å². The molecule has 0 aromatic carbocycles. The van der Waals surface area contributed by atoms with Crippen molar-refractivity contribution in [3.8, 4) is 0 Å². The van der Waals surface area contributed by atoms with Crippen molar-refractivity contribution in [1.82, 2.24) is 0 Å². The number of hydrogen-bond acceptors (Lipinski definition) is 3.